The zero-order valence-corrected chi connectivity index (χ0v) is 10.5. The lowest BCUT2D eigenvalue weighted by molar-refractivity contribution is 0.0941. The minimum Gasteiger partial charge on any atom is -0.289 e. The lowest BCUT2D eigenvalue weighted by atomic mass is 9.99. The highest BCUT2D eigenvalue weighted by molar-refractivity contribution is 6.11. The third-order valence-electron chi connectivity index (χ3n) is 3.51. The largest absolute Gasteiger partial charge is 0.289 e. The van der Waals surface area contributed by atoms with Crippen molar-refractivity contribution in [1.29, 1.82) is 0 Å². The summed E-state index contributed by atoms with van der Waals surface area (Å²) < 4.78 is 1.70. The second-order valence-corrected chi connectivity index (χ2v) is 4.73. The SMILES string of the molecule is CC(=O)n1ccc2c(C3=NCCCC3)cccc21. The number of hydrogen-bond acceptors (Lipinski definition) is 2. The maximum absolute atomic E-state index is 11.5. The molecule has 0 radical (unpaired) electrons. The van der Waals surface area contributed by atoms with Gasteiger partial charge in [-0.05, 0) is 31.4 Å². The van der Waals surface area contributed by atoms with E-state index in [0.29, 0.717) is 0 Å². The fourth-order valence-electron chi connectivity index (χ4n) is 2.61. The van der Waals surface area contributed by atoms with Crippen molar-refractivity contribution in [3.8, 4) is 0 Å². The standard InChI is InChI=1S/C15H16N2O/c1-11(18)17-10-8-13-12(5-4-7-15(13)17)14-6-2-3-9-16-14/h4-5,7-8,10H,2-3,6,9H2,1H3. The number of nitrogens with zero attached hydrogens (tertiary/aromatic N) is 2. The zero-order chi connectivity index (χ0) is 12.5. The summed E-state index contributed by atoms with van der Waals surface area (Å²) in [6.07, 6.45) is 5.29. The van der Waals surface area contributed by atoms with Crippen molar-refractivity contribution in [3.05, 3.63) is 36.0 Å². The molecular weight excluding hydrogens is 224 g/mol. The van der Waals surface area contributed by atoms with E-state index >= 15 is 0 Å². The van der Waals surface area contributed by atoms with Crippen LogP contribution in [-0.4, -0.2) is 22.7 Å². The third-order valence-corrected chi connectivity index (χ3v) is 3.51. The molecule has 0 aliphatic carbocycles. The maximum atomic E-state index is 11.5. The van der Waals surface area contributed by atoms with Crippen LogP contribution in [0, 0.1) is 0 Å². The molecule has 1 aromatic carbocycles. The molecule has 0 N–H and O–H groups in total. The summed E-state index contributed by atoms with van der Waals surface area (Å²) in [7, 11) is 0. The first kappa shape index (κ1) is 11.2. The average Bonchev–Trinajstić information content (AvgIpc) is 2.83. The number of fused-ring (bicyclic) bond motifs is 1. The van der Waals surface area contributed by atoms with Gasteiger partial charge < -0.3 is 0 Å². The smallest absolute Gasteiger partial charge is 0.227 e. The van der Waals surface area contributed by atoms with Gasteiger partial charge in [-0.2, -0.15) is 0 Å². The quantitative estimate of drug-likeness (QED) is 0.753. The number of benzene rings is 1. The first-order valence-corrected chi connectivity index (χ1v) is 6.42. The minimum absolute atomic E-state index is 0.0488. The van der Waals surface area contributed by atoms with E-state index in [4.69, 9.17) is 0 Å². The Hall–Kier alpha value is -1.90. The van der Waals surface area contributed by atoms with Gasteiger partial charge in [-0.25, -0.2) is 0 Å². The van der Waals surface area contributed by atoms with Crippen molar-refractivity contribution >= 4 is 22.5 Å². The minimum atomic E-state index is 0.0488. The van der Waals surface area contributed by atoms with Gasteiger partial charge in [-0.15, -0.1) is 0 Å². The first-order chi connectivity index (χ1) is 8.77. The van der Waals surface area contributed by atoms with Crippen LogP contribution in [-0.2, 0) is 0 Å². The van der Waals surface area contributed by atoms with E-state index in [0.717, 1.165) is 23.9 Å². The van der Waals surface area contributed by atoms with Crippen molar-refractivity contribution in [1.82, 2.24) is 4.57 Å². The molecule has 18 heavy (non-hydrogen) atoms. The highest BCUT2D eigenvalue weighted by Gasteiger charge is 2.13. The number of carbonyl (C=O) groups is 1. The van der Waals surface area contributed by atoms with Crippen molar-refractivity contribution < 1.29 is 4.79 Å². The van der Waals surface area contributed by atoms with Gasteiger partial charge in [0.05, 0.1) is 5.52 Å². The molecular formula is C15H16N2O. The number of rotatable bonds is 1. The number of aromatic nitrogens is 1. The van der Waals surface area contributed by atoms with Crippen molar-refractivity contribution in [2.24, 2.45) is 4.99 Å². The van der Waals surface area contributed by atoms with Gasteiger partial charge in [0.1, 0.15) is 0 Å². The molecule has 2 heterocycles. The Balaban J connectivity index is 2.19. The molecule has 0 amide bonds. The van der Waals surface area contributed by atoms with Crippen molar-refractivity contribution in [3.63, 3.8) is 0 Å². The molecule has 0 fully saturated rings. The lowest BCUT2D eigenvalue weighted by Gasteiger charge is -2.13. The van der Waals surface area contributed by atoms with Gasteiger partial charge in [0.25, 0.3) is 0 Å². The van der Waals surface area contributed by atoms with E-state index < -0.39 is 0 Å². The molecule has 3 heteroatoms. The maximum Gasteiger partial charge on any atom is 0.227 e. The summed E-state index contributed by atoms with van der Waals surface area (Å²) >= 11 is 0. The molecule has 0 atom stereocenters. The summed E-state index contributed by atoms with van der Waals surface area (Å²) in [5.74, 6) is 0.0488. The molecule has 0 saturated heterocycles. The predicted octanol–water partition coefficient (Wildman–Crippen LogP) is 3.27. The van der Waals surface area contributed by atoms with Gasteiger partial charge in [-0.3, -0.25) is 14.4 Å². The molecule has 2 aromatic rings. The molecule has 3 nitrogen and oxygen atoms in total. The first-order valence-electron chi connectivity index (χ1n) is 6.42. The second kappa shape index (κ2) is 4.41. The van der Waals surface area contributed by atoms with Crippen LogP contribution < -0.4 is 0 Å². The Kier molecular flexibility index (Phi) is 2.74. The Bertz CT molecular complexity index is 637. The zero-order valence-electron chi connectivity index (χ0n) is 10.5. The third kappa shape index (κ3) is 1.76. The van der Waals surface area contributed by atoms with E-state index in [1.165, 1.54) is 24.1 Å². The summed E-state index contributed by atoms with van der Waals surface area (Å²) in [4.78, 5) is 16.2. The number of aliphatic imine (C=N–C) groups is 1. The summed E-state index contributed by atoms with van der Waals surface area (Å²) in [6.45, 7) is 2.52. The molecule has 1 aliphatic heterocycles. The Labute approximate surface area is 106 Å². The number of carbonyl (C=O) groups excluding carboxylic acids is 1. The van der Waals surface area contributed by atoms with E-state index in [1.807, 2.05) is 24.4 Å². The van der Waals surface area contributed by atoms with E-state index in [9.17, 15) is 4.79 Å². The van der Waals surface area contributed by atoms with Gasteiger partial charge in [0.15, 0.2) is 0 Å². The van der Waals surface area contributed by atoms with Crippen LogP contribution in [0.2, 0.25) is 0 Å². The van der Waals surface area contributed by atoms with Crippen molar-refractivity contribution in [2.75, 3.05) is 6.54 Å². The van der Waals surface area contributed by atoms with E-state index in [2.05, 4.69) is 11.1 Å². The summed E-state index contributed by atoms with van der Waals surface area (Å²) in [5, 5.41) is 1.13. The van der Waals surface area contributed by atoms with Gasteiger partial charge in [0, 0.05) is 36.3 Å². The fraction of sp³-hybridized carbons (Fsp3) is 0.333. The molecule has 3 rings (SSSR count). The van der Waals surface area contributed by atoms with Crippen LogP contribution in [0.3, 0.4) is 0 Å². The van der Waals surface area contributed by atoms with Gasteiger partial charge in [-0.1, -0.05) is 12.1 Å². The summed E-state index contributed by atoms with van der Waals surface area (Å²) in [5.41, 5.74) is 3.36. The monoisotopic (exact) mass is 240 g/mol. The van der Waals surface area contributed by atoms with E-state index in [1.54, 1.807) is 11.5 Å². The normalized spacial score (nSPS) is 15.7. The van der Waals surface area contributed by atoms with E-state index in [-0.39, 0.29) is 5.91 Å². The molecule has 0 bridgehead atoms. The molecule has 0 spiro atoms. The Morgan fingerprint density at radius 2 is 2.17 bits per heavy atom. The Morgan fingerprint density at radius 3 is 2.89 bits per heavy atom. The van der Waals surface area contributed by atoms with Crippen LogP contribution >= 0.6 is 0 Å². The molecule has 1 aromatic heterocycles. The summed E-state index contributed by atoms with van der Waals surface area (Å²) in [6, 6.07) is 8.12. The van der Waals surface area contributed by atoms with Crippen molar-refractivity contribution in [2.45, 2.75) is 26.2 Å². The lowest BCUT2D eigenvalue weighted by Crippen LogP contribution is -2.08. The predicted molar refractivity (Wildman–Crippen MR) is 73.5 cm³/mol. The second-order valence-electron chi connectivity index (χ2n) is 4.73. The number of hydrogen-bond donors (Lipinski definition) is 0. The van der Waals surface area contributed by atoms with Crippen LogP contribution in [0.4, 0.5) is 0 Å². The average molecular weight is 240 g/mol. The van der Waals surface area contributed by atoms with Gasteiger partial charge >= 0.3 is 0 Å². The van der Waals surface area contributed by atoms with Crippen LogP contribution in [0.15, 0.2) is 35.5 Å². The molecule has 1 aliphatic rings. The highest BCUT2D eigenvalue weighted by Crippen LogP contribution is 2.24. The topological polar surface area (TPSA) is 34.4 Å². The molecule has 0 saturated carbocycles. The highest BCUT2D eigenvalue weighted by atomic mass is 16.1. The van der Waals surface area contributed by atoms with Crippen LogP contribution in [0.5, 0.6) is 0 Å². The van der Waals surface area contributed by atoms with Gasteiger partial charge in [0.2, 0.25) is 5.91 Å². The molecule has 0 unspecified atom stereocenters. The molecule has 92 valence electrons. The van der Waals surface area contributed by atoms with Crippen LogP contribution in [0.25, 0.3) is 10.9 Å². The van der Waals surface area contributed by atoms with Crippen LogP contribution in [0.1, 0.15) is 36.5 Å². The fourth-order valence-corrected chi connectivity index (χ4v) is 2.61. The Morgan fingerprint density at radius 1 is 1.28 bits per heavy atom.